The lowest BCUT2D eigenvalue weighted by molar-refractivity contribution is -0.389. The second-order valence-corrected chi connectivity index (χ2v) is 5.66. The first-order chi connectivity index (χ1) is 10.9. The fraction of sp³-hybridized carbons (Fsp3) is 0.333. The molecule has 0 fully saturated rings. The maximum absolute atomic E-state index is 10.6. The maximum Gasteiger partial charge on any atom is 0.381 e. The Labute approximate surface area is 132 Å². The summed E-state index contributed by atoms with van der Waals surface area (Å²) in [5.74, 6) is -0.226. The second kappa shape index (κ2) is 5.81. The highest BCUT2D eigenvalue weighted by atomic mass is 16.6. The van der Waals surface area contributed by atoms with Crippen molar-refractivity contribution in [2.24, 2.45) is 0 Å². The van der Waals surface area contributed by atoms with Gasteiger partial charge in [-0.25, -0.2) is 4.98 Å². The van der Waals surface area contributed by atoms with Gasteiger partial charge in [0.15, 0.2) is 0 Å². The third-order valence-corrected chi connectivity index (χ3v) is 3.87. The molecule has 0 unspecified atom stereocenters. The van der Waals surface area contributed by atoms with Crippen molar-refractivity contribution in [1.29, 1.82) is 0 Å². The molecule has 8 nitrogen and oxygen atoms in total. The van der Waals surface area contributed by atoms with Crippen molar-refractivity contribution in [2.45, 2.75) is 33.0 Å². The van der Waals surface area contributed by atoms with Gasteiger partial charge in [-0.05, 0) is 47.0 Å². The van der Waals surface area contributed by atoms with Gasteiger partial charge >= 0.3 is 5.82 Å². The van der Waals surface area contributed by atoms with Crippen LogP contribution in [0.3, 0.4) is 0 Å². The summed E-state index contributed by atoms with van der Waals surface area (Å²) in [5, 5.41) is 20.9. The van der Waals surface area contributed by atoms with E-state index in [-0.39, 0.29) is 12.4 Å². The summed E-state index contributed by atoms with van der Waals surface area (Å²) in [6.07, 6.45) is 3.65. The van der Waals surface area contributed by atoms with Crippen molar-refractivity contribution in [3.63, 3.8) is 0 Å². The Morgan fingerprint density at radius 1 is 1.22 bits per heavy atom. The molecule has 23 heavy (non-hydrogen) atoms. The molecule has 2 heterocycles. The molecular formula is C15H17N5O3. The molecule has 3 rings (SSSR count). The number of hydrogen-bond donors (Lipinski definition) is 1. The van der Waals surface area contributed by atoms with Crippen molar-refractivity contribution >= 4 is 16.9 Å². The zero-order valence-electron chi connectivity index (χ0n) is 12.9. The number of hydrogen-bond acceptors (Lipinski definition) is 5. The molecule has 0 spiro atoms. The number of fused-ring (bicyclic) bond motifs is 1. The van der Waals surface area contributed by atoms with Gasteiger partial charge in [0.1, 0.15) is 6.20 Å². The van der Waals surface area contributed by atoms with Crippen LogP contribution in [0.5, 0.6) is 0 Å². The van der Waals surface area contributed by atoms with Gasteiger partial charge in [-0.15, -0.1) is 0 Å². The number of aryl methyl sites for hydroxylation is 2. The maximum atomic E-state index is 10.6. The number of nitro groups is 1. The van der Waals surface area contributed by atoms with E-state index in [2.05, 4.69) is 9.97 Å². The molecule has 1 N–H and O–H groups in total. The zero-order valence-corrected chi connectivity index (χ0v) is 12.9. The van der Waals surface area contributed by atoms with E-state index in [1.54, 1.807) is 6.33 Å². The van der Waals surface area contributed by atoms with E-state index in [1.165, 1.54) is 28.2 Å². The van der Waals surface area contributed by atoms with E-state index in [0.717, 1.165) is 11.0 Å². The van der Waals surface area contributed by atoms with E-state index in [1.807, 2.05) is 30.5 Å². The number of aliphatic hydroxyl groups excluding tert-OH is 1. The first-order valence-corrected chi connectivity index (χ1v) is 7.20. The van der Waals surface area contributed by atoms with Crippen molar-refractivity contribution < 1.29 is 10.0 Å². The minimum Gasteiger partial charge on any atom is -0.389 e. The summed E-state index contributed by atoms with van der Waals surface area (Å²) >= 11 is 0. The summed E-state index contributed by atoms with van der Waals surface area (Å²) in [7, 11) is 0. The van der Waals surface area contributed by atoms with Crippen LogP contribution in [0, 0.1) is 24.0 Å². The number of nitrogens with zero attached hydrogens (tertiary/aromatic N) is 5. The molecular weight excluding hydrogens is 298 g/mol. The molecule has 0 saturated heterocycles. The largest absolute Gasteiger partial charge is 0.389 e. The van der Waals surface area contributed by atoms with E-state index in [0.29, 0.717) is 6.54 Å². The van der Waals surface area contributed by atoms with Crippen molar-refractivity contribution in [1.82, 2.24) is 19.1 Å². The fourth-order valence-electron chi connectivity index (χ4n) is 2.53. The standard InChI is InChI=1S/C15H17N5O3/c1-10-3-13-14(4-11(10)2)19(9-16-13)6-12(21)5-18-7-15(17-8-18)20(22)23/h3-4,7-9,12,21H,5-6H2,1-2H3/t12-/m1/s1. The summed E-state index contributed by atoms with van der Waals surface area (Å²) in [4.78, 5) is 18.1. The molecule has 2 aromatic heterocycles. The molecule has 3 aromatic rings. The van der Waals surface area contributed by atoms with E-state index in [4.69, 9.17) is 0 Å². The van der Waals surface area contributed by atoms with Crippen LogP contribution in [0.1, 0.15) is 11.1 Å². The molecule has 0 radical (unpaired) electrons. The minimum atomic E-state index is -0.706. The van der Waals surface area contributed by atoms with Crippen LogP contribution in [-0.2, 0) is 13.1 Å². The molecule has 0 aliphatic heterocycles. The van der Waals surface area contributed by atoms with E-state index < -0.39 is 11.0 Å². The summed E-state index contributed by atoms with van der Waals surface area (Å²) < 4.78 is 3.40. The first kappa shape index (κ1) is 15.2. The molecule has 0 amide bonds. The van der Waals surface area contributed by atoms with Crippen LogP contribution in [0.2, 0.25) is 0 Å². The Hall–Kier alpha value is -2.74. The Kier molecular flexibility index (Phi) is 3.83. The lowest BCUT2D eigenvalue weighted by Gasteiger charge is -2.12. The van der Waals surface area contributed by atoms with Crippen molar-refractivity contribution in [3.05, 3.63) is 52.2 Å². The Morgan fingerprint density at radius 2 is 1.96 bits per heavy atom. The Bertz CT molecular complexity index is 867. The Morgan fingerprint density at radius 3 is 2.65 bits per heavy atom. The van der Waals surface area contributed by atoms with Crippen molar-refractivity contribution in [3.8, 4) is 0 Å². The van der Waals surface area contributed by atoms with Gasteiger partial charge in [0.25, 0.3) is 0 Å². The summed E-state index contributed by atoms with van der Waals surface area (Å²) in [6, 6.07) is 4.07. The Balaban J connectivity index is 1.75. The highest BCUT2D eigenvalue weighted by Gasteiger charge is 2.14. The average molecular weight is 315 g/mol. The molecule has 1 aromatic carbocycles. The molecule has 0 saturated carbocycles. The number of benzene rings is 1. The number of rotatable bonds is 5. The van der Waals surface area contributed by atoms with Crippen LogP contribution in [0.25, 0.3) is 11.0 Å². The summed E-state index contributed by atoms with van der Waals surface area (Å²) in [5.41, 5.74) is 4.19. The van der Waals surface area contributed by atoms with Gasteiger partial charge in [0.05, 0.1) is 36.6 Å². The first-order valence-electron chi connectivity index (χ1n) is 7.20. The highest BCUT2D eigenvalue weighted by molar-refractivity contribution is 5.77. The van der Waals surface area contributed by atoms with Crippen LogP contribution in [-0.4, -0.2) is 35.2 Å². The van der Waals surface area contributed by atoms with Gasteiger partial charge < -0.3 is 24.4 Å². The quantitative estimate of drug-likeness (QED) is 0.572. The molecule has 120 valence electrons. The van der Waals surface area contributed by atoms with Gasteiger partial charge in [0, 0.05) is 0 Å². The third kappa shape index (κ3) is 3.07. The van der Waals surface area contributed by atoms with Gasteiger partial charge in [-0.1, -0.05) is 0 Å². The smallest absolute Gasteiger partial charge is 0.381 e. The SMILES string of the molecule is Cc1cc2ncn(C[C@H](O)Cn3cnc([N+](=O)[O-])c3)c2cc1C. The average Bonchev–Trinajstić information content (AvgIpc) is 3.08. The highest BCUT2D eigenvalue weighted by Crippen LogP contribution is 2.19. The lowest BCUT2D eigenvalue weighted by atomic mass is 10.1. The second-order valence-electron chi connectivity index (χ2n) is 5.66. The monoisotopic (exact) mass is 315 g/mol. The molecule has 0 bridgehead atoms. The van der Waals surface area contributed by atoms with Gasteiger partial charge in [-0.2, -0.15) is 0 Å². The number of aromatic nitrogens is 4. The number of imidazole rings is 2. The summed E-state index contributed by atoms with van der Waals surface area (Å²) in [6.45, 7) is 4.65. The van der Waals surface area contributed by atoms with Gasteiger partial charge in [-0.3, -0.25) is 0 Å². The van der Waals surface area contributed by atoms with Crippen LogP contribution in [0.15, 0.2) is 31.0 Å². The predicted molar refractivity (Wildman–Crippen MR) is 84.1 cm³/mol. The predicted octanol–water partition coefficient (Wildman–Crippen LogP) is 1.82. The van der Waals surface area contributed by atoms with Crippen LogP contribution in [0.4, 0.5) is 5.82 Å². The fourth-order valence-corrected chi connectivity index (χ4v) is 2.53. The van der Waals surface area contributed by atoms with Gasteiger partial charge in [0.2, 0.25) is 6.33 Å². The van der Waals surface area contributed by atoms with E-state index in [9.17, 15) is 15.2 Å². The lowest BCUT2D eigenvalue weighted by Crippen LogP contribution is -2.21. The van der Waals surface area contributed by atoms with Crippen molar-refractivity contribution in [2.75, 3.05) is 0 Å². The van der Waals surface area contributed by atoms with Crippen LogP contribution >= 0.6 is 0 Å². The van der Waals surface area contributed by atoms with E-state index >= 15 is 0 Å². The van der Waals surface area contributed by atoms with Crippen LogP contribution < -0.4 is 0 Å². The molecule has 0 aliphatic carbocycles. The molecule has 8 heteroatoms. The molecule has 1 atom stereocenters. The number of aliphatic hydroxyl groups is 1. The third-order valence-electron chi connectivity index (χ3n) is 3.87. The topological polar surface area (TPSA) is 99.0 Å². The minimum absolute atomic E-state index is 0.226. The normalized spacial score (nSPS) is 12.7. The molecule has 0 aliphatic rings. The zero-order chi connectivity index (χ0) is 16.6.